The molecule has 5 aromatic rings. The maximum Gasteiger partial charge on any atom is 0.222 e. The van der Waals surface area contributed by atoms with Gasteiger partial charge in [-0.3, -0.25) is 9.69 Å². The molecule has 32 heavy (non-hydrogen) atoms. The third kappa shape index (κ3) is 3.66. The normalized spacial score (nSPS) is 11.2. The number of benzene rings is 3. The molecule has 0 saturated heterocycles. The molecular formula is C24H21IN6O. The molecule has 0 radical (unpaired) electrons. The van der Waals surface area contributed by atoms with Gasteiger partial charge in [0.15, 0.2) is 0 Å². The van der Waals surface area contributed by atoms with E-state index in [4.69, 9.17) is 16.2 Å². The largest absolute Gasteiger partial charge is 0.497 e. The standard InChI is InChI=1S/C24H21IN6O/c1-32-18-8-2-15(3-9-18)14-31(17-6-4-16(25)5-7-17)30-13-12-19-21(30)11-10-20-22(19)23(26)29-24(27)28-20/h2-13H,14H2,1H3,(H4,26,27,28,29). The molecule has 0 atom stereocenters. The van der Waals surface area contributed by atoms with Crippen molar-refractivity contribution in [3.05, 3.63) is 82.1 Å². The van der Waals surface area contributed by atoms with Crippen molar-refractivity contribution in [1.82, 2.24) is 14.6 Å². The van der Waals surface area contributed by atoms with Crippen LogP contribution in [0.25, 0.3) is 21.8 Å². The van der Waals surface area contributed by atoms with Gasteiger partial charge in [-0.05, 0) is 82.8 Å². The first-order chi connectivity index (χ1) is 15.5. The van der Waals surface area contributed by atoms with E-state index in [-0.39, 0.29) is 5.95 Å². The van der Waals surface area contributed by atoms with Gasteiger partial charge in [-0.25, -0.2) is 4.98 Å². The Kier molecular flexibility index (Phi) is 5.22. The number of fused-ring (bicyclic) bond motifs is 3. The summed E-state index contributed by atoms with van der Waals surface area (Å²) >= 11 is 2.32. The molecule has 0 aliphatic rings. The molecule has 0 fully saturated rings. The van der Waals surface area contributed by atoms with Crippen molar-refractivity contribution < 1.29 is 4.74 Å². The number of rotatable bonds is 5. The molecule has 160 valence electrons. The average Bonchev–Trinajstić information content (AvgIpc) is 3.22. The fourth-order valence-corrected chi connectivity index (χ4v) is 4.26. The van der Waals surface area contributed by atoms with Crippen molar-refractivity contribution in [3.8, 4) is 5.75 Å². The number of methoxy groups -OCH3 is 1. The van der Waals surface area contributed by atoms with Crippen molar-refractivity contribution in [2.24, 2.45) is 0 Å². The highest BCUT2D eigenvalue weighted by Gasteiger charge is 2.16. The fourth-order valence-electron chi connectivity index (χ4n) is 3.90. The van der Waals surface area contributed by atoms with Crippen LogP contribution in [0.5, 0.6) is 5.75 Å². The van der Waals surface area contributed by atoms with Crippen LogP contribution < -0.4 is 21.2 Å². The SMILES string of the molecule is COc1ccc(CN(c2ccc(I)cc2)n2ccc3c4c(N)nc(N)nc4ccc32)cc1. The predicted molar refractivity (Wildman–Crippen MR) is 138 cm³/mol. The van der Waals surface area contributed by atoms with Crippen LogP contribution in [0.4, 0.5) is 17.5 Å². The lowest BCUT2D eigenvalue weighted by Gasteiger charge is -2.27. The van der Waals surface area contributed by atoms with E-state index in [1.807, 2.05) is 36.5 Å². The molecule has 2 aromatic heterocycles. The number of halogens is 1. The van der Waals surface area contributed by atoms with Gasteiger partial charge < -0.3 is 16.2 Å². The van der Waals surface area contributed by atoms with Gasteiger partial charge in [0.1, 0.15) is 11.6 Å². The van der Waals surface area contributed by atoms with E-state index in [2.05, 4.69) is 78.6 Å². The molecule has 7 nitrogen and oxygen atoms in total. The summed E-state index contributed by atoms with van der Waals surface area (Å²) in [7, 11) is 1.67. The van der Waals surface area contributed by atoms with E-state index >= 15 is 0 Å². The Hall–Kier alpha value is -3.53. The third-order valence-electron chi connectivity index (χ3n) is 5.43. The van der Waals surface area contributed by atoms with Gasteiger partial charge in [-0.1, -0.05) is 12.1 Å². The molecule has 0 spiro atoms. The Labute approximate surface area is 198 Å². The monoisotopic (exact) mass is 536 g/mol. The van der Waals surface area contributed by atoms with Gasteiger partial charge >= 0.3 is 0 Å². The highest BCUT2D eigenvalue weighted by Crippen LogP contribution is 2.31. The summed E-state index contributed by atoms with van der Waals surface area (Å²) in [5.74, 6) is 1.39. The molecule has 0 amide bonds. The van der Waals surface area contributed by atoms with Crippen molar-refractivity contribution in [2.75, 3.05) is 23.6 Å². The number of aromatic nitrogens is 3. The summed E-state index contributed by atoms with van der Waals surface area (Å²) in [5, 5.41) is 4.01. The topological polar surface area (TPSA) is 95.2 Å². The lowest BCUT2D eigenvalue weighted by Crippen LogP contribution is -2.28. The van der Waals surface area contributed by atoms with Crippen molar-refractivity contribution in [1.29, 1.82) is 0 Å². The van der Waals surface area contributed by atoms with Gasteiger partial charge in [-0.2, -0.15) is 4.98 Å². The van der Waals surface area contributed by atoms with Crippen molar-refractivity contribution in [3.63, 3.8) is 0 Å². The van der Waals surface area contributed by atoms with Crippen LogP contribution in [0.3, 0.4) is 0 Å². The maximum atomic E-state index is 6.22. The summed E-state index contributed by atoms with van der Waals surface area (Å²) in [6.07, 6.45) is 2.04. The Bertz CT molecular complexity index is 1410. The van der Waals surface area contributed by atoms with Crippen LogP contribution in [0.1, 0.15) is 5.56 Å². The first-order valence-electron chi connectivity index (χ1n) is 10.0. The Balaban J connectivity index is 1.66. The van der Waals surface area contributed by atoms with Gasteiger partial charge in [0.25, 0.3) is 0 Å². The first-order valence-corrected chi connectivity index (χ1v) is 11.1. The Morgan fingerprint density at radius 1 is 0.938 bits per heavy atom. The zero-order valence-electron chi connectivity index (χ0n) is 17.4. The number of nitrogens with two attached hydrogens (primary N) is 2. The molecular weight excluding hydrogens is 515 g/mol. The van der Waals surface area contributed by atoms with Crippen LogP contribution in [-0.2, 0) is 6.54 Å². The number of hydrogen-bond acceptors (Lipinski definition) is 6. The van der Waals surface area contributed by atoms with Gasteiger partial charge in [0.2, 0.25) is 5.95 Å². The number of nitrogen functional groups attached to an aromatic ring is 2. The maximum absolute atomic E-state index is 6.22. The molecule has 0 bridgehead atoms. The van der Waals surface area contributed by atoms with Crippen LogP contribution in [0.15, 0.2) is 72.9 Å². The zero-order chi connectivity index (χ0) is 22.2. The molecule has 2 heterocycles. The lowest BCUT2D eigenvalue weighted by atomic mass is 10.1. The molecule has 4 N–H and O–H groups in total. The minimum absolute atomic E-state index is 0.175. The van der Waals surface area contributed by atoms with E-state index in [1.54, 1.807) is 7.11 Å². The quantitative estimate of drug-likeness (QED) is 0.313. The first kappa shape index (κ1) is 20.4. The Morgan fingerprint density at radius 2 is 1.69 bits per heavy atom. The number of nitrogens with zero attached hydrogens (tertiary/aromatic N) is 4. The molecule has 5 rings (SSSR count). The number of ether oxygens (including phenoxy) is 1. The van der Waals surface area contributed by atoms with Crippen LogP contribution in [0, 0.1) is 3.57 Å². The third-order valence-corrected chi connectivity index (χ3v) is 6.15. The van der Waals surface area contributed by atoms with E-state index in [1.165, 1.54) is 3.57 Å². The zero-order valence-corrected chi connectivity index (χ0v) is 19.5. The summed E-state index contributed by atoms with van der Waals surface area (Å²) in [5.41, 5.74) is 16.0. The van der Waals surface area contributed by atoms with Crippen molar-refractivity contribution >= 4 is 61.9 Å². The van der Waals surface area contributed by atoms with E-state index in [9.17, 15) is 0 Å². The Morgan fingerprint density at radius 3 is 2.41 bits per heavy atom. The van der Waals surface area contributed by atoms with Crippen LogP contribution in [-0.4, -0.2) is 21.8 Å². The number of hydrogen-bond donors (Lipinski definition) is 2. The fraction of sp³-hybridized carbons (Fsp3) is 0.0833. The highest BCUT2D eigenvalue weighted by atomic mass is 127. The van der Waals surface area contributed by atoms with Crippen LogP contribution in [0.2, 0.25) is 0 Å². The van der Waals surface area contributed by atoms with Gasteiger partial charge in [-0.15, -0.1) is 0 Å². The molecule has 3 aromatic carbocycles. The second kappa shape index (κ2) is 8.19. The highest BCUT2D eigenvalue weighted by molar-refractivity contribution is 14.1. The molecule has 8 heteroatoms. The summed E-state index contributed by atoms with van der Waals surface area (Å²) in [6, 6.07) is 22.6. The van der Waals surface area contributed by atoms with Gasteiger partial charge in [0.05, 0.1) is 35.8 Å². The summed E-state index contributed by atoms with van der Waals surface area (Å²) < 4.78 is 8.63. The minimum atomic E-state index is 0.175. The van der Waals surface area contributed by atoms with Crippen molar-refractivity contribution in [2.45, 2.75) is 6.54 Å². The second-order valence-electron chi connectivity index (χ2n) is 7.40. The van der Waals surface area contributed by atoms with E-state index < -0.39 is 0 Å². The van der Waals surface area contributed by atoms with E-state index in [0.717, 1.165) is 38.8 Å². The summed E-state index contributed by atoms with van der Waals surface area (Å²) in [4.78, 5) is 8.51. The van der Waals surface area contributed by atoms with Crippen LogP contribution >= 0.6 is 22.6 Å². The molecule has 0 aliphatic heterocycles. The number of anilines is 3. The molecule has 0 saturated carbocycles. The smallest absolute Gasteiger partial charge is 0.222 e. The molecule has 0 unspecified atom stereocenters. The average molecular weight is 536 g/mol. The molecule has 0 aliphatic carbocycles. The van der Waals surface area contributed by atoms with E-state index in [0.29, 0.717) is 12.4 Å². The minimum Gasteiger partial charge on any atom is -0.497 e. The summed E-state index contributed by atoms with van der Waals surface area (Å²) in [6.45, 7) is 0.667. The lowest BCUT2D eigenvalue weighted by molar-refractivity contribution is 0.414. The predicted octanol–water partition coefficient (Wildman–Crippen LogP) is 4.83. The second-order valence-corrected chi connectivity index (χ2v) is 8.65. The van der Waals surface area contributed by atoms with Gasteiger partial charge in [0, 0.05) is 15.2 Å².